The third-order valence-corrected chi connectivity index (χ3v) is 2.84. The first kappa shape index (κ1) is 13.3. The second-order valence-corrected chi connectivity index (χ2v) is 4.38. The topological polar surface area (TPSA) is 106 Å². The fourth-order valence-corrected chi connectivity index (χ4v) is 2.12. The first-order chi connectivity index (χ1) is 7.82. The van der Waals surface area contributed by atoms with Gasteiger partial charge in [0.2, 0.25) is 10.0 Å². The zero-order chi connectivity index (χ0) is 13.2. The SMILES string of the molecule is COc1c(C#N)ncc(C(F)F)c1S(N)(=O)=O. The first-order valence-electron chi connectivity index (χ1n) is 4.10. The third-order valence-electron chi connectivity index (χ3n) is 1.85. The number of hydrogen-bond acceptors (Lipinski definition) is 5. The van der Waals surface area contributed by atoms with E-state index in [9.17, 15) is 17.2 Å². The predicted molar refractivity (Wildman–Crippen MR) is 51.8 cm³/mol. The van der Waals surface area contributed by atoms with Crippen LogP contribution in [0.2, 0.25) is 0 Å². The Morgan fingerprint density at radius 1 is 1.59 bits per heavy atom. The summed E-state index contributed by atoms with van der Waals surface area (Å²) in [6, 6.07) is 1.52. The van der Waals surface area contributed by atoms with Crippen LogP contribution in [-0.4, -0.2) is 20.5 Å². The van der Waals surface area contributed by atoms with E-state index in [2.05, 4.69) is 9.72 Å². The van der Waals surface area contributed by atoms with Gasteiger partial charge in [0.25, 0.3) is 6.43 Å². The van der Waals surface area contributed by atoms with Crippen LogP contribution in [0.3, 0.4) is 0 Å². The van der Waals surface area contributed by atoms with Crippen molar-refractivity contribution in [1.82, 2.24) is 4.98 Å². The van der Waals surface area contributed by atoms with Gasteiger partial charge in [0.15, 0.2) is 11.4 Å². The summed E-state index contributed by atoms with van der Waals surface area (Å²) < 4.78 is 52.3. The maximum Gasteiger partial charge on any atom is 0.266 e. The fraction of sp³-hybridized carbons (Fsp3) is 0.250. The number of primary sulfonamides is 1. The molecule has 0 aliphatic rings. The number of sulfonamides is 1. The molecule has 92 valence electrons. The van der Waals surface area contributed by atoms with Gasteiger partial charge in [-0.15, -0.1) is 0 Å². The Balaban J connectivity index is 3.77. The van der Waals surface area contributed by atoms with Crippen molar-refractivity contribution in [3.8, 4) is 11.8 Å². The molecule has 9 heteroatoms. The Hall–Kier alpha value is -1.79. The van der Waals surface area contributed by atoms with Gasteiger partial charge in [0.1, 0.15) is 11.0 Å². The highest BCUT2D eigenvalue weighted by molar-refractivity contribution is 7.89. The van der Waals surface area contributed by atoms with E-state index in [1.807, 2.05) is 0 Å². The molecule has 0 saturated carbocycles. The van der Waals surface area contributed by atoms with Crippen LogP contribution in [0.15, 0.2) is 11.1 Å². The molecule has 17 heavy (non-hydrogen) atoms. The lowest BCUT2D eigenvalue weighted by atomic mass is 10.2. The zero-order valence-electron chi connectivity index (χ0n) is 8.52. The summed E-state index contributed by atoms with van der Waals surface area (Å²) in [4.78, 5) is 2.46. The van der Waals surface area contributed by atoms with Crippen LogP contribution < -0.4 is 9.88 Å². The summed E-state index contributed by atoms with van der Waals surface area (Å²) in [5.74, 6) is -0.576. The van der Waals surface area contributed by atoms with E-state index in [1.165, 1.54) is 6.07 Å². The van der Waals surface area contributed by atoms with Gasteiger partial charge in [-0.05, 0) is 0 Å². The molecule has 2 N–H and O–H groups in total. The Morgan fingerprint density at radius 2 is 2.18 bits per heavy atom. The number of methoxy groups -OCH3 is 1. The molecule has 6 nitrogen and oxygen atoms in total. The number of rotatable bonds is 3. The average Bonchev–Trinajstić information content (AvgIpc) is 2.25. The quantitative estimate of drug-likeness (QED) is 0.856. The maximum absolute atomic E-state index is 12.6. The Kier molecular flexibility index (Phi) is 3.59. The van der Waals surface area contributed by atoms with Gasteiger partial charge in [-0.25, -0.2) is 27.3 Å². The minimum absolute atomic E-state index is 0.430. The lowest BCUT2D eigenvalue weighted by Gasteiger charge is -2.11. The first-order valence-corrected chi connectivity index (χ1v) is 5.65. The highest BCUT2D eigenvalue weighted by Gasteiger charge is 2.28. The molecule has 0 amide bonds. The molecule has 1 heterocycles. The molecule has 1 aromatic heterocycles. The van der Waals surface area contributed by atoms with Crippen molar-refractivity contribution in [2.75, 3.05) is 7.11 Å². The van der Waals surface area contributed by atoms with Gasteiger partial charge in [0.05, 0.1) is 12.7 Å². The Morgan fingerprint density at radius 3 is 2.53 bits per heavy atom. The van der Waals surface area contributed by atoms with Crippen molar-refractivity contribution in [1.29, 1.82) is 5.26 Å². The van der Waals surface area contributed by atoms with E-state index in [4.69, 9.17) is 10.4 Å². The normalized spacial score (nSPS) is 11.3. The summed E-state index contributed by atoms with van der Waals surface area (Å²) in [5, 5.41) is 13.5. The van der Waals surface area contributed by atoms with E-state index in [-0.39, 0.29) is 0 Å². The van der Waals surface area contributed by atoms with E-state index < -0.39 is 38.4 Å². The van der Waals surface area contributed by atoms with E-state index in [0.717, 1.165) is 7.11 Å². The van der Waals surface area contributed by atoms with Gasteiger partial charge < -0.3 is 4.74 Å². The van der Waals surface area contributed by atoms with E-state index >= 15 is 0 Å². The van der Waals surface area contributed by atoms with Crippen LogP contribution in [0.4, 0.5) is 8.78 Å². The molecule has 0 aliphatic carbocycles. The molecule has 0 fully saturated rings. The van der Waals surface area contributed by atoms with Crippen molar-refractivity contribution in [2.24, 2.45) is 5.14 Å². The van der Waals surface area contributed by atoms with Crippen molar-refractivity contribution in [3.05, 3.63) is 17.5 Å². The number of alkyl halides is 2. The molecule has 0 bridgehead atoms. The van der Waals surface area contributed by atoms with Crippen LogP contribution >= 0.6 is 0 Å². The smallest absolute Gasteiger partial charge is 0.266 e. The van der Waals surface area contributed by atoms with Crippen molar-refractivity contribution < 1.29 is 21.9 Å². The molecule has 0 atom stereocenters. The van der Waals surface area contributed by atoms with Gasteiger partial charge in [-0.2, -0.15) is 5.26 Å². The highest BCUT2D eigenvalue weighted by Crippen LogP contribution is 2.33. The van der Waals surface area contributed by atoms with Crippen LogP contribution in [-0.2, 0) is 10.0 Å². The van der Waals surface area contributed by atoms with Gasteiger partial charge in [-0.1, -0.05) is 0 Å². The monoisotopic (exact) mass is 263 g/mol. The third kappa shape index (κ3) is 2.48. The molecule has 0 saturated heterocycles. The highest BCUT2D eigenvalue weighted by atomic mass is 32.2. The van der Waals surface area contributed by atoms with Crippen molar-refractivity contribution in [3.63, 3.8) is 0 Å². The van der Waals surface area contributed by atoms with Crippen molar-refractivity contribution >= 4 is 10.0 Å². The number of halogens is 2. The van der Waals surface area contributed by atoms with Crippen LogP contribution in [0, 0.1) is 11.3 Å². The second-order valence-electron chi connectivity index (χ2n) is 2.88. The number of ether oxygens (including phenoxy) is 1. The second kappa shape index (κ2) is 4.60. The van der Waals surface area contributed by atoms with E-state index in [0.29, 0.717) is 6.20 Å². The molecule has 0 aromatic carbocycles. The Bertz CT molecular complexity index is 580. The fourth-order valence-electron chi connectivity index (χ4n) is 1.21. The maximum atomic E-state index is 12.6. The molecule has 1 aromatic rings. The number of pyridine rings is 1. The van der Waals surface area contributed by atoms with Gasteiger partial charge in [0, 0.05) is 6.20 Å². The molecule has 0 spiro atoms. The molecular formula is C8H7F2N3O3S. The zero-order valence-corrected chi connectivity index (χ0v) is 9.33. The van der Waals surface area contributed by atoms with Gasteiger partial charge >= 0.3 is 0 Å². The van der Waals surface area contributed by atoms with Crippen LogP contribution in [0.25, 0.3) is 0 Å². The van der Waals surface area contributed by atoms with E-state index in [1.54, 1.807) is 0 Å². The Labute approximate surface area is 95.7 Å². The molecule has 1 rings (SSSR count). The number of nitriles is 1. The average molecular weight is 263 g/mol. The molecular weight excluding hydrogens is 256 g/mol. The number of hydrogen-bond donors (Lipinski definition) is 1. The number of nitrogens with zero attached hydrogens (tertiary/aromatic N) is 2. The number of nitrogens with two attached hydrogens (primary N) is 1. The molecule has 0 radical (unpaired) electrons. The predicted octanol–water partition coefficient (Wildman–Crippen LogP) is 0.547. The summed E-state index contributed by atoms with van der Waals surface area (Å²) in [6.45, 7) is 0. The van der Waals surface area contributed by atoms with Crippen LogP contribution in [0.1, 0.15) is 17.7 Å². The molecule has 0 unspecified atom stereocenters. The summed E-state index contributed by atoms with van der Waals surface area (Å²) in [6.07, 6.45) is -2.51. The summed E-state index contributed by atoms with van der Waals surface area (Å²) >= 11 is 0. The lowest BCUT2D eigenvalue weighted by Crippen LogP contribution is -2.17. The minimum atomic E-state index is -4.45. The van der Waals surface area contributed by atoms with Gasteiger partial charge in [-0.3, -0.25) is 0 Å². The largest absolute Gasteiger partial charge is 0.492 e. The van der Waals surface area contributed by atoms with Crippen LogP contribution in [0.5, 0.6) is 5.75 Å². The summed E-state index contributed by atoms with van der Waals surface area (Å²) in [5.41, 5.74) is -1.33. The number of aromatic nitrogens is 1. The summed E-state index contributed by atoms with van der Waals surface area (Å²) in [7, 11) is -3.42. The lowest BCUT2D eigenvalue weighted by molar-refractivity contribution is 0.146. The standard InChI is InChI=1S/C8H7F2N3O3S/c1-16-6-5(2-11)13-3-4(8(9)10)7(6)17(12,14)15/h3,8H,1H3,(H2,12,14,15). The molecule has 0 aliphatic heterocycles. The van der Waals surface area contributed by atoms with Crippen molar-refractivity contribution in [2.45, 2.75) is 11.3 Å². The minimum Gasteiger partial charge on any atom is -0.492 e.